The Balaban J connectivity index is 2.17. The quantitative estimate of drug-likeness (QED) is 0.842. The minimum atomic E-state index is -3.34. The lowest BCUT2D eigenvalue weighted by Gasteiger charge is -2.10. The van der Waals surface area contributed by atoms with E-state index >= 15 is 0 Å². The Kier molecular flexibility index (Phi) is 5.59. The first-order chi connectivity index (χ1) is 10.8. The van der Waals surface area contributed by atoms with Crippen LogP contribution in [0.15, 0.2) is 36.5 Å². The van der Waals surface area contributed by atoms with Crippen LogP contribution in [0.5, 0.6) is 0 Å². The normalized spacial score (nSPS) is 11.3. The number of carbonyl (C=O) groups is 1. The number of nitrogens with one attached hydrogen (secondary N) is 2. The maximum atomic E-state index is 12.3. The Morgan fingerprint density at radius 3 is 2.48 bits per heavy atom. The van der Waals surface area contributed by atoms with Crippen LogP contribution in [0.25, 0.3) is 0 Å². The van der Waals surface area contributed by atoms with Crippen molar-refractivity contribution in [1.29, 1.82) is 0 Å². The molecule has 0 atom stereocenters. The van der Waals surface area contributed by atoms with Crippen molar-refractivity contribution in [3.63, 3.8) is 0 Å². The molecule has 0 saturated heterocycles. The lowest BCUT2D eigenvalue weighted by atomic mass is 10.2. The van der Waals surface area contributed by atoms with Crippen molar-refractivity contribution in [2.75, 3.05) is 11.6 Å². The monoisotopic (exact) mass is 373 g/mol. The minimum Gasteiger partial charge on any atom is -0.319 e. The van der Waals surface area contributed by atoms with Gasteiger partial charge in [0, 0.05) is 11.8 Å². The molecule has 0 aliphatic carbocycles. The number of carbonyl (C=O) groups excluding carboxylic acids is 1. The van der Waals surface area contributed by atoms with E-state index in [2.05, 4.69) is 15.0 Å². The minimum absolute atomic E-state index is 0.00714. The Morgan fingerprint density at radius 2 is 1.87 bits per heavy atom. The SMILES string of the molecule is CS(=O)(=O)NCc1cc(C(=O)Nc2c(Cl)cccc2Cl)ccn1. The van der Waals surface area contributed by atoms with Crippen LogP contribution in [-0.2, 0) is 16.6 Å². The van der Waals surface area contributed by atoms with Gasteiger partial charge in [0.15, 0.2) is 0 Å². The molecule has 2 N–H and O–H groups in total. The van der Waals surface area contributed by atoms with Crippen molar-refractivity contribution in [3.05, 3.63) is 57.8 Å². The number of para-hydroxylation sites is 1. The van der Waals surface area contributed by atoms with Crippen LogP contribution in [0.1, 0.15) is 16.1 Å². The maximum Gasteiger partial charge on any atom is 0.255 e. The van der Waals surface area contributed by atoms with Gasteiger partial charge in [0.05, 0.1) is 34.2 Å². The van der Waals surface area contributed by atoms with Crippen LogP contribution >= 0.6 is 23.2 Å². The number of aromatic nitrogens is 1. The third-order valence-corrected chi connectivity index (χ3v) is 4.09. The third kappa shape index (κ3) is 5.18. The van der Waals surface area contributed by atoms with E-state index in [1.807, 2.05) is 0 Å². The summed E-state index contributed by atoms with van der Waals surface area (Å²) in [4.78, 5) is 16.3. The fourth-order valence-electron chi connectivity index (χ4n) is 1.72. The summed E-state index contributed by atoms with van der Waals surface area (Å²) >= 11 is 12.0. The molecule has 1 amide bonds. The van der Waals surface area contributed by atoms with Gasteiger partial charge in [-0.2, -0.15) is 0 Å². The van der Waals surface area contributed by atoms with Crippen molar-refractivity contribution in [3.8, 4) is 0 Å². The molecule has 1 aromatic heterocycles. The first kappa shape index (κ1) is 17.7. The summed E-state index contributed by atoms with van der Waals surface area (Å²) in [5.74, 6) is -0.428. The Morgan fingerprint density at radius 1 is 1.22 bits per heavy atom. The summed E-state index contributed by atoms with van der Waals surface area (Å²) < 4.78 is 24.5. The molecular formula is C14H13Cl2N3O3S. The molecule has 6 nitrogen and oxygen atoms in total. The molecule has 1 aromatic carbocycles. The van der Waals surface area contributed by atoms with Gasteiger partial charge in [0.1, 0.15) is 0 Å². The predicted octanol–water partition coefficient (Wildman–Crippen LogP) is 2.69. The fraction of sp³-hybridized carbons (Fsp3) is 0.143. The number of benzene rings is 1. The molecule has 0 aliphatic rings. The Labute approximate surface area is 143 Å². The number of rotatable bonds is 5. The summed E-state index contributed by atoms with van der Waals surface area (Å²) in [6.07, 6.45) is 2.46. The summed E-state index contributed by atoms with van der Waals surface area (Å²) in [6.45, 7) is -0.00714. The average molecular weight is 374 g/mol. The molecule has 23 heavy (non-hydrogen) atoms. The van der Waals surface area contributed by atoms with Gasteiger partial charge < -0.3 is 5.32 Å². The molecule has 0 saturated carbocycles. The zero-order chi connectivity index (χ0) is 17.0. The second-order valence-corrected chi connectivity index (χ2v) is 7.33. The summed E-state index contributed by atoms with van der Waals surface area (Å²) in [7, 11) is -3.34. The lowest BCUT2D eigenvalue weighted by molar-refractivity contribution is 0.102. The lowest BCUT2D eigenvalue weighted by Crippen LogP contribution is -2.22. The standard InChI is InChI=1S/C14H13Cl2N3O3S/c1-23(21,22)18-8-10-7-9(5-6-17-10)14(20)19-13-11(15)3-2-4-12(13)16/h2-7,18H,8H2,1H3,(H,19,20). The number of sulfonamides is 1. The van der Waals surface area contributed by atoms with Gasteiger partial charge in [-0.25, -0.2) is 13.1 Å². The number of halogens is 2. The highest BCUT2D eigenvalue weighted by Gasteiger charge is 2.12. The molecule has 2 rings (SSSR count). The summed E-state index contributed by atoms with van der Waals surface area (Å²) in [5, 5.41) is 3.26. The van der Waals surface area contributed by atoms with Crippen LogP contribution < -0.4 is 10.0 Å². The van der Waals surface area contributed by atoms with Crippen molar-refractivity contribution < 1.29 is 13.2 Å². The molecule has 122 valence electrons. The van der Waals surface area contributed by atoms with E-state index in [1.54, 1.807) is 18.2 Å². The van der Waals surface area contributed by atoms with Gasteiger partial charge in [-0.15, -0.1) is 0 Å². The fourth-order valence-corrected chi connectivity index (χ4v) is 2.63. The molecular weight excluding hydrogens is 361 g/mol. The zero-order valence-corrected chi connectivity index (χ0v) is 14.3. The van der Waals surface area contributed by atoms with E-state index in [9.17, 15) is 13.2 Å². The topological polar surface area (TPSA) is 88.2 Å². The first-order valence-electron chi connectivity index (χ1n) is 6.41. The van der Waals surface area contributed by atoms with Crippen LogP contribution in [-0.4, -0.2) is 25.6 Å². The third-order valence-electron chi connectivity index (χ3n) is 2.80. The number of pyridine rings is 1. The number of anilines is 1. The predicted molar refractivity (Wildman–Crippen MR) is 90.3 cm³/mol. The van der Waals surface area contributed by atoms with Gasteiger partial charge in [-0.05, 0) is 24.3 Å². The molecule has 1 heterocycles. The second kappa shape index (κ2) is 7.27. The number of amides is 1. The molecule has 0 spiro atoms. The van der Waals surface area contributed by atoms with E-state index < -0.39 is 15.9 Å². The number of nitrogens with zero attached hydrogens (tertiary/aromatic N) is 1. The van der Waals surface area contributed by atoms with E-state index in [4.69, 9.17) is 23.2 Å². The van der Waals surface area contributed by atoms with Crippen molar-refractivity contribution in [1.82, 2.24) is 9.71 Å². The highest BCUT2D eigenvalue weighted by atomic mass is 35.5. The molecule has 2 aromatic rings. The molecule has 0 radical (unpaired) electrons. The zero-order valence-electron chi connectivity index (χ0n) is 12.0. The van der Waals surface area contributed by atoms with Crippen molar-refractivity contribution in [2.45, 2.75) is 6.54 Å². The smallest absolute Gasteiger partial charge is 0.255 e. The summed E-state index contributed by atoms with van der Waals surface area (Å²) in [6, 6.07) is 7.87. The van der Waals surface area contributed by atoms with Gasteiger partial charge in [-0.1, -0.05) is 29.3 Å². The Hall–Kier alpha value is -1.67. The molecule has 0 fully saturated rings. The van der Waals surface area contributed by atoms with Crippen LogP contribution in [0.3, 0.4) is 0 Å². The van der Waals surface area contributed by atoms with Crippen molar-refractivity contribution in [2.24, 2.45) is 0 Å². The molecule has 0 bridgehead atoms. The van der Waals surface area contributed by atoms with Crippen LogP contribution in [0, 0.1) is 0 Å². The van der Waals surface area contributed by atoms with Crippen LogP contribution in [0.4, 0.5) is 5.69 Å². The van der Waals surface area contributed by atoms with E-state index in [0.717, 1.165) is 6.26 Å². The van der Waals surface area contributed by atoms with Crippen LogP contribution in [0.2, 0.25) is 10.0 Å². The first-order valence-corrected chi connectivity index (χ1v) is 9.06. The Bertz CT molecular complexity index is 821. The van der Waals surface area contributed by atoms with E-state index in [1.165, 1.54) is 18.3 Å². The van der Waals surface area contributed by atoms with Gasteiger partial charge in [0.2, 0.25) is 10.0 Å². The molecule has 0 unspecified atom stereocenters. The number of hydrogen-bond acceptors (Lipinski definition) is 4. The average Bonchev–Trinajstić information content (AvgIpc) is 2.48. The van der Waals surface area contributed by atoms with Gasteiger partial charge >= 0.3 is 0 Å². The van der Waals surface area contributed by atoms with Gasteiger partial charge in [0.25, 0.3) is 5.91 Å². The van der Waals surface area contributed by atoms with E-state index in [-0.39, 0.29) is 6.54 Å². The largest absolute Gasteiger partial charge is 0.319 e. The van der Waals surface area contributed by atoms with Gasteiger partial charge in [-0.3, -0.25) is 9.78 Å². The molecule has 0 aliphatic heterocycles. The maximum absolute atomic E-state index is 12.3. The molecule has 9 heteroatoms. The van der Waals surface area contributed by atoms with Crippen molar-refractivity contribution >= 4 is 44.8 Å². The summed E-state index contributed by atoms with van der Waals surface area (Å²) in [5.41, 5.74) is 1.03. The number of hydrogen-bond donors (Lipinski definition) is 2. The van der Waals surface area contributed by atoms with E-state index in [0.29, 0.717) is 27.0 Å². The second-order valence-electron chi connectivity index (χ2n) is 4.68. The highest BCUT2D eigenvalue weighted by Crippen LogP contribution is 2.30. The highest BCUT2D eigenvalue weighted by molar-refractivity contribution is 7.88.